The molecule has 3 nitrogen and oxygen atoms in total. The first-order chi connectivity index (χ1) is 10.2. The molecule has 0 aromatic heterocycles. The Morgan fingerprint density at radius 1 is 1.10 bits per heavy atom. The van der Waals surface area contributed by atoms with Crippen LogP contribution in [0.1, 0.15) is 22.3 Å². The molecule has 0 radical (unpaired) electrons. The van der Waals surface area contributed by atoms with Crippen LogP contribution in [0.2, 0.25) is 0 Å². The van der Waals surface area contributed by atoms with E-state index in [0.29, 0.717) is 5.17 Å². The monoisotopic (exact) mass is 297 g/mol. The fourth-order valence-electron chi connectivity index (χ4n) is 1.82. The van der Waals surface area contributed by atoms with Crippen LogP contribution in [-0.2, 0) is 5.75 Å². The lowest BCUT2D eigenvalue weighted by Crippen LogP contribution is -2.06. The molecule has 0 aliphatic heterocycles. The van der Waals surface area contributed by atoms with Crippen LogP contribution in [0.15, 0.2) is 58.7 Å². The second kappa shape index (κ2) is 7.64. The van der Waals surface area contributed by atoms with Gasteiger partial charge in [-0.05, 0) is 36.1 Å². The molecule has 0 heterocycles. The van der Waals surface area contributed by atoms with E-state index in [4.69, 9.17) is 5.73 Å². The summed E-state index contributed by atoms with van der Waals surface area (Å²) in [6, 6.07) is 16.3. The molecule has 0 saturated carbocycles. The quantitative estimate of drug-likeness (QED) is 0.529. The van der Waals surface area contributed by atoms with Gasteiger partial charge in [-0.15, -0.1) is 5.10 Å². The third-order valence-electron chi connectivity index (χ3n) is 3.23. The summed E-state index contributed by atoms with van der Waals surface area (Å²) in [5, 5.41) is 8.58. The number of nitrogens with zero attached hydrogens (tertiary/aromatic N) is 2. The van der Waals surface area contributed by atoms with E-state index in [0.717, 1.165) is 11.3 Å². The molecule has 0 fully saturated rings. The average Bonchev–Trinajstić information content (AvgIpc) is 2.50. The van der Waals surface area contributed by atoms with Crippen LogP contribution < -0.4 is 5.73 Å². The van der Waals surface area contributed by atoms with Crippen molar-refractivity contribution in [3.63, 3.8) is 0 Å². The Hall–Kier alpha value is -2.07. The lowest BCUT2D eigenvalue weighted by atomic mass is 10.0. The molecule has 2 aromatic carbocycles. The molecular weight excluding hydrogens is 278 g/mol. The zero-order chi connectivity index (χ0) is 15.1. The standard InChI is InChI=1S/C17H19N3S/c1-13-7-6-10-16(14(13)2)11-19-20-17(18)21-12-15-8-4-3-5-9-15/h3-11H,12H2,1-2H3,(H2,18,20). The zero-order valence-corrected chi connectivity index (χ0v) is 13.1. The number of hydrogen-bond acceptors (Lipinski definition) is 3. The van der Waals surface area contributed by atoms with Crippen LogP contribution in [0.25, 0.3) is 0 Å². The predicted octanol–water partition coefficient (Wildman–Crippen LogP) is 3.89. The number of thioether (sulfide) groups is 1. The van der Waals surface area contributed by atoms with Gasteiger partial charge in [0.15, 0.2) is 5.17 Å². The number of hydrogen-bond donors (Lipinski definition) is 1. The second-order valence-electron chi connectivity index (χ2n) is 4.75. The van der Waals surface area contributed by atoms with Crippen molar-refractivity contribution in [3.05, 3.63) is 70.8 Å². The topological polar surface area (TPSA) is 50.7 Å². The molecule has 108 valence electrons. The summed E-state index contributed by atoms with van der Waals surface area (Å²) in [7, 11) is 0. The highest BCUT2D eigenvalue weighted by molar-refractivity contribution is 8.13. The van der Waals surface area contributed by atoms with Gasteiger partial charge in [-0.2, -0.15) is 5.10 Å². The van der Waals surface area contributed by atoms with Gasteiger partial charge in [0, 0.05) is 5.75 Å². The molecule has 4 heteroatoms. The fourth-order valence-corrected chi connectivity index (χ4v) is 2.43. The molecule has 0 saturated heterocycles. The van der Waals surface area contributed by atoms with Crippen LogP contribution in [0.5, 0.6) is 0 Å². The van der Waals surface area contributed by atoms with Crippen LogP contribution in [0.4, 0.5) is 0 Å². The van der Waals surface area contributed by atoms with Crippen molar-refractivity contribution in [2.24, 2.45) is 15.9 Å². The van der Waals surface area contributed by atoms with Crippen molar-refractivity contribution in [2.45, 2.75) is 19.6 Å². The van der Waals surface area contributed by atoms with Crippen molar-refractivity contribution in [1.82, 2.24) is 0 Å². The van der Waals surface area contributed by atoms with E-state index < -0.39 is 0 Å². The molecule has 21 heavy (non-hydrogen) atoms. The summed E-state index contributed by atoms with van der Waals surface area (Å²) >= 11 is 1.49. The first-order valence-corrected chi connectivity index (χ1v) is 7.75. The van der Waals surface area contributed by atoms with Gasteiger partial charge in [0.2, 0.25) is 0 Å². The van der Waals surface area contributed by atoms with Crippen LogP contribution >= 0.6 is 11.8 Å². The van der Waals surface area contributed by atoms with Crippen LogP contribution in [0, 0.1) is 13.8 Å². The van der Waals surface area contributed by atoms with E-state index >= 15 is 0 Å². The Balaban J connectivity index is 1.94. The normalized spacial score (nSPS) is 12.0. The SMILES string of the molecule is Cc1cccc(C=NN=C(N)SCc2ccccc2)c1C. The van der Waals surface area contributed by atoms with E-state index in [1.165, 1.54) is 28.5 Å². The molecule has 2 aromatic rings. The van der Waals surface area contributed by atoms with Gasteiger partial charge >= 0.3 is 0 Å². The van der Waals surface area contributed by atoms with Crippen molar-refractivity contribution < 1.29 is 0 Å². The third kappa shape index (κ3) is 4.76. The van der Waals surface area contributed by atoms with Gasteiger partial charge < -0.3 is 5.73 Å². The van der Waals surface area contributed by atoms with Gasteiger partial charge in [0.25, 0.3) is 0 Å². The number of rotatable bonds is 4. The zero-order valence-electron chi connectivity index (χ0n) is 12.3. The maximum Gasteiger partial charge on any atom is 0.180 e. The lowest BCUT2D eigenvalue weighted by Gasteiger charge is -2.02. The summed E-state index contributed by atoms with van der Waals surface area (Å²) < 4.78 is 0. The Kier molecular flexibility index (Phi) is 5.58. The molecular formula is C17H19N3S. The highest BCUT2D eigenvalue weighted by Gasteiger charge is 1.98. The van der Waals surface area contributed by atoms with Gasteiger partial charge in [0.05, 0.1) is 6.21 Å². The maximum atomic E-state index is 5.85. The van der Waals surface area contributed by atoms with E-state index in [2.05, 4.69) is 42.2 Å². The Bertz CT molecular complexity index is 648. The summed E-state index contributed by atoms with van der Waals surface area (Å²) in [5.74, 6) is 0.801. The largest absolute Gasteiger partial charge is 0.377 e. The molecule has 0 spiro atoms. The molecule has 2 rings (SSSR count). The first kappa shape index (κ1) is 15.3. The Labute approximate surface area is 130 Å². The molecule has 0 aliphatic rings. The number of benzene rings is 2. The predicted molar refractivity (Wildman–Crippen MR) is 92.9 cm³/mol. The summed E-state index contributed by atoms with van der Waals surface area (Å²) in [4.78, 5) is 0. The molecule has 0 aliphatic carbocycles. The van der Waals surface area contributed by atoms with Crippen molar-refractivity contribution >= 4 is 23.1 Å². The summed E-state index contributed by atoms with van der Waals surface area (Å²) in [6.07, 6.45) is 1.75. The average molecular weight is 297 g/mol. The van der Waals surface area contributed by atoms with Gasteiger partial charge in [-0.1, -0.05) is 60.3 Å². The molecule has 0 unspecified atom stereocenters. The first-order valence-electron chi connectivity index (χ1n) is 6.76. The van der Waals surface area contributed by atoms with Gasteiger partial charge in [-0.3, -0.25) is 0 Å². The fraction of sp³-hybridized carbons (Fsp3) is 0.176. The smallest absolute Gasteiger partial charge is 0.180 e. The van der Waals surface area contributed by atoms with Crippen molar-refractivity contribution in [1.29, 1.82) is 0 Å². The van der Waals surface area contributed by atoms with E-state index in [-0.39, 0.29) is 0 Å². The summed E-state index contributed by atoms with van der Waals surface area (Å²) in [6.45, 7) is 4.16. The summed E-state index contributed by atoms with van der Waals surface area (Å²) in [5.41, 5.74) is 10.6. The highest BCUT2D eigenvalue weighted by atomic mass is 32.2. The highest BCUT2D eigenvalue weighted by Crippen LogP contribution is 2.12. The number of aryl methyl sites for hydroxylation is 1. The Morgan fingerprint density at radius 3 is 2.62 bits per heavy atom. The number of nitrogens with two attached hydrogens (primary N) is 1. The van der Waals surface area contributed by atoms with Gasteiger partial charge in [0.1, 0.15) is 0 Å². The third-order valence-corrected chi connectivity index (χ3v) is 4.08. The molecule has 0 atom stereocenters. The molecule has 0 bridgehead atoms. The minimum Gasteiger partial charge on any atom is -0.377 e. The van der Waals surface area contributed by atoms with Crippen molar-refractivity contribution in [3.8, 4) is 0 Å². The van der Waals surface area contributed by atoms with Crippen LogP contribution in [0.3, 0.4) is 0 Å². The molecule has 0 amide bonds. The second-order valence-corrected chi connectivity index (χ2v) is 5.74. The van der Waals surface area contributed by atoms with E-state index in [9.17, 15) is 0 Å². The van der Waals surface area contributed by atoms with Gasteiger partial charge in [-0.25, -0.2) is 0 Å². The number of amidine groups is 1. The van der Waals surface area contributed by atoms with E-state index in [1.54, 1.807) is 6.21 Å². The van der Waals surface area contributed by atoms with E-state index in [1.807, 2.05) is 30.3 Å². The minimum absolute atomic E-state index is 0.473. The lowest BCUT2D eigenvalue weighted by molar-refractivity contribution is 1.24. The Morgan fingerprint density at radius 2 is 1.86 bits per heavy atom. The van der Waals surface area contributed by atoms with Crippen LogP contribution in [-0.4, -0.2) is 11.4 Å². The molecule has 2 N–H and O–H groups in total. The van der Waals surface area contributed by atoms with Crippen molar-refractivity contribution in [2.75, 3.05) is 0 Å². The maximum absolute atomic E-state index is 5.85. The minimum atomic E-state index is 0.473.